The average molecular weight is 1460 g/mol. The SMILES string of the molecule is CCCCCCCCCCCCCCCCCCOCC(COC(=O)NCCCCCC(=O)NCCC(C)(C)OCCC(C)(C)OCCNC(=O)CCCCCn1c(O)cc(SCC(NC(=O)C2CCCCCCCC(C)CC2)C(=O)O)c1O)OCCCCCCCCCCCCCCCCC. The lowest BCUT2D eigenvalue weighted by Crippen LogP contribution is -2.45. The van der Waals surface area contributed by atoms with Gasteiger partial charge in [-0.15, -0.1) is 11.8 Å². The van der Waals surface area contributed by atoms with Crippen LogP contribution in [0.15, 0.2) is 11.0 Å². The van der Waals surface area contributed by atoms with Crippen molar-refractivity contribution in [2.24, 2.45) is 11.8 Å². The molecule has 102 heavy (non-hydrogen) atoms. The number of aromatic hydroxyl groups is 2. The highest BCUT2D eigenvalue weighted by Gasteiger charge is 2.28. The van der Waals surface area contributed by atoms with E-state index in [2.05, 4.69) is 42.0 Å². The summed E-state index contributed by atoms with van der Waals surface area (Å²) in [7, 11) is 0. The van der Waals surface area contributed by atoms with Crippen LogP contribution in [0.5, 0.6) is 11.8 Å². The minimum Gasteiger partial charge on any atom is -0.494 e. The average Bonchev–Trinajstić information content (AvgIpc) is 1.68. The Morgan fingerprint density at radius 3 is 1.56 bits per heavy atom. The molecule has 1 heterocycles. The summed E-state index contributed by atoms with van der Waals surface area (Å²) in [4.78, 5) is 64.0. The van der Waals surface area contributed by atoms with Gasteiger partial charge in [0, 0.05) is 70.0 Å². The van der Waals surface area contributed by atoms with Gasteiger partial charge in [-0.3, -0.25) is 19.0 Å². The summed E-state index contributed by atoms with van der Waals surface area (Å²) in [6, 6.07) is 0.273. The smallest absolute Gasteiger partial charge is 0.407 e. The monoisotopic (exact) mass is 1460 g/mol. The summed E-state index contributed by atoms with van der Waals surface area (Å²) < 4.78 is 31.7. The molecule has 7 N–H and O–H groups in total. The van der Waals surface area contributed by atoms with Crippen LogP contribution in [0.2, 0.25) is 0 Å². The van der Waals surface area contributed by atoms with Gasteiger partial charge >= 0.3 is 12.1 Å². The molecule has 18 nitrogen and oxygen atoms in total. The fourth-order valence-corrected chi connectivity index (χ4v) is 14.4. The summed E-state index contributed by atoms with van der Waals surface area (Å²) in [5, 5.41) is 43.2. The second kappa shape index (κ2) is 63.3. The van der Waals surface area contributed by atoms with E-state index >= 15 is 0 Å². The summed E-state index contributed by atoms with van der Waals surface area (Å²) in [6.45, 7) is 19.2. The van der Waals surface area contributed by atoms with Gasteiger partial charge in [-0.2, -0.15) is 0 Å². The quantitative estimate of drug-likeness (QED) is 0.0237. The first kappa shape index (κ1) is 94.3. The Kier molecular flexibility index (Phi) is 58.5. The van der Waals surface area contributed by atoms with E-state index in [1.807, 2.05) is 27.7 Å². The molecule has 1 saturated carbocycles. The van der Waals surface area contributed by atoms with Crippen LogP contribution < -0.4 is 21.3 Å². The lowest BCUT2D eigenvalue weighted by Gasteiger charge is -2.30. The topological polar surface area (TPSA) is 245 Å². The third-order valence-corrected chi connectivity index (χ3v) is 21.5. The molecule has 4 unspecified atom stereocenters. The van der Waals surface area contributed by atoms with Gasteiger partial charge in [-0.05, 0) is 104 Å². The van der Waals surface area contributed by atoms with Crippen molar-refractivity contribution in [2.75, 3.05) is 65.0 Å². The molecule has 2 rings (SSSR count). The molecular weight excluding hydrogens is 1310 g/mol. The van der Waals surface area contributed by atoms with Gasteiger partial charge in [0.2, 0.25) is 23.6 Å². The number of nitrogens with zero attached hydrogens (tertiary/aromatic N) is 1. The van der Waals surface area contributed by atoms with Crippen LogP contribution in [0, 0.1) is 11.8 Å². The molecule has 596 valence electrons. The van der Waals surface area contributed by atoms with Gasteiger partial charge in [0.05, 0.1) is 35.9 Å². The molecule has 1 aliphatic carbocycles. The highest BCUT2D eigenvalue weighted by atomic mass is 32.2. The molecule has 1 fully saturated rings. The summed E-state index contributed by atoms with van der Waals surface area (Å²) in [5.74, 6) is -1.44. The Morgan fingerprint density at radius 2 is 1.00 bits per heavy atom. The zero-order valence-electron chi connectivity index (χ0n) is 66.3. The number of aromatic nitrogens is 1. The van der Waals surface area contributed by atoms with Crippen LogP contribution in [0.25, 0.3) is 0 Å². The Morgan fingerprint density at radius 1 is 0.520 bits per heavy atom. The van der Waals surface area contributed by atoms with Crippen molar-refractivity contribution in [3.63, 3.8) is 0 Å². The van der Waals surface area contributed by atoms with Crippen LogP contribution in [0.1, 0.15) is 370 Å². The number of unbranched alkanes of at least 4 members (excludes halogenated alkanes) is 33. The maximum absolute atomic E-state index is 13.3. The lowest BCUT2D eigenvalue weighted by atomic mass is 9.90. The molecule has 4 amide bonds. The van der Waals surface area contributed by atoms with Crippen LogP contribution in [0.3, 0.4) is 0 Å². The molecule has 1 aromatic rings. The van der Waals surface area contributed by atoms with E-state index < -0.39 is 29.3 Å². The van der Waals surface area contributed by atoms with Crippen molar-refractivity contribution < 1.29 is 63.0 Å². The standard InChI is InChI=1S/C83H155N5O13S/c1-8-10-12-14-16-18-20-22-24-26-27-29-31-33-38-48-62-97-67-72(98-63-49-39-34-32-30-28-25-23-21-19-17-15-13-11-9-2)68-99-81(96)86-58-46-40-44-52-75(89)84-59-56-82(4,5)100-64-57-83(6,7)101-65-60-85-76(90)53-45-41-47-61-88-77(91)66-74(79(88)93)102-69-73(80(94)95)87-78(92)71-51-43-37-35-36-42-50-70(3)54-55-71/h66,70-73,91,93H,8-65,67-69H2,1-7H3,(H,84,89)(H,85,90)(H,86,96)(H,87,92)(H,94,95). The van der Waals surface area contributed by atoms with Gasteiger partial charge in [0.1, 0.15) is 18.8 Å². The number of carbonyl (C=O) groups is 5. The third kappa shape index (κ3) is 53.9. The van der Waals surface area contributed by atoms with Crippen molar-refractivity contribution >= 4 is 41.5 Å². The van der Waals surface area contributed by atoms with Crippen molar-refractivity contribution in [3.8, 4) is 11.8 Å². The fourth-order valence-electron chi connectivity index (χ4n) is 13.4. The molecular formula is C83H155N5O13S. The van der Waals surface area contributed by atoms with Crippen LogP contribution in [0.4, 0.5) is 4.79 Å². The van der Waals surface area contributed by atoms with E-state index in [0.29, 0.717) is 115 Å². The number of rotatable bonds is 67. The number of hydrogen-bond donors (Lipinski definition) is 7. The summed E-state index contributed by atoms with van der Waals surface area (Å²) in [6.07, 6.45) is 55.9. The molecule has 0 spiro atoms. The molecule has 1 aliphatic rings. The largest absolute Gasteiger partial charge is 0.494 e. The van der Waals surface area contributed by atoms with Crippen LogP contribution >= 0.6 is 11.8 Å². The first-order valence-electron chi connectivity index (χ1n) is 42.0. The van der Waals surface area contributed by atoms with Gasteiger partial charge in [0.15, 0.2) is 5.88 Å². The van der Waals surface area contributed by atoms with Crippen LogP contribution in [-0.2, 0) is 49.4 Å². The number of nitrogens with one attached hydrogen (secondary N) is 4. The molecule has 4 atom stereocenters. The van der Waals surface area contributed by atoms with Crippen molar-refractivity contribution in [1.29, 1.82) is 0 Å². The molecule has 0 aliphatic heterocycles. The van der Waals surface area contributed by atoms with Gasteiger partial charge < -0.3 is 60.3 Å². The number of aliphatic carboxylic acids is 1. The maximum Gasteiger partial charge on any atom is 0.407 e. The predicted octanol–water partition coefficient (Wildman–Crippen LogP) is 20.3. The summed E-state index contributed by atoms with van der Waals surface area (Å²) >= 11 is 1.08. The number of amides is 4. The molecule has 0 aromatic carbocycles. The first-order chi connectivity index (χ1) is 49.4. The molecule has 19 heteroatoms. The molecule has 0 saturated heterocycles. The van der Waals surface area contributed by atoms with Crippen molar-refractivity contribution in [1.82, 2.24) is 25.8 Å². The van der Waals surface area contributed by atoms with E-state index in [1.165, 1.54) is 203 Å². The number of thioether (sulfide) groups is 1. The predicted molar refractivity (Wildman–Crippen MR) is 419 cm³/mol. The summed E-state index contributed by atoms with van der Waals surface area (Å²) in [5.41, 5.74) is -0.946. The number of ether oxygens (including phenoxy) is 5. The van der Waals surface area contributed by atoms with E-state index in [4.69, 9.17) is 23.7 Å². The zero-order valence-corrected chi connectivity index (χ0v) is 67.1. The second-order valence-electron chi connectivity index (χ2n) is 31.2. The van der Waals surface area contributed by atoms with Gasteiger partial charge in [-0.1, -0.05) is 258 Å². The molecule has 0 bridgehead atoms. The van der Waals surface area contributed by atoms with E-state index in [9.17, 15) is 39.3 Å². The maximum atomic E-state index is 13.3. The first-order valence-corrected chi connectivity index (χ1v) is 43.0. The van der Waals surface area contributed by atoms with Gasteiger partial charge in [-0.25, -0.2) is 9.59 Å². The lowest BCUT2D eigenvalue weighted by molar-refractivity contribution is -0.141. The second-order valence-corrected chi connectivity index (χ2v) is 32.2. The number of alkyl carbamates (subject to hydrolysis) is 1. The Hall–Kier alpha value is -3.78. The third-order valence-electron chi connectivity index (χ3n) is 20.4. The van der Waals surface area contributed by atoms with E-state index in [-0.39, 0.29) is 53.9 Å². The zero-order chi connectivity index (χ0) is 74.4. The minimum atomic E-state index is -1.14. The number of hydrogen-bond acceptors (Lipinski definition) is 13. The Balaban J connectivity index is 1.57. The number of carboxylic acids is 1. The number of carbonyl (C=O) groups excluding carboxylic acids is 4. The number of carboxylic acid groups (broad SMARTS) is 1. The van der Waals surface area contributed by atoms with Crippen molar-refractivity contribution in [3.05, 3.63) is 6.07 Å². The Bertz CT molecular complexity index is 2220. The van der Waals surface area contributed by atoms with Crippen molar-refractivity contribution in [2.45, 2.75) is 404 Å². The Labute approximate surface area is 626 Å². The molecule has 1 aromatic heterocycles. The van der Waals surface area contributed by atoms with Gasteiger partial charge in [0.25, 0.3) is 0 Å². The minimum absolute atomic E-state index is 0.00202. The fraction of sp³-hybridized carbons (Fsp3) is 0.892. The van der Waals surface area contributed by atoms with E-state index in [0.717, 1.165) is 95.2 Å². The highest BCUT2D eigenvalue weighted by Crippen LogP contribution is 2.36. The normalized spacial score (nSPS) is 15.4. The highest BCUT2D eigenvalue weighted by molar-refractivity contribution is 7.99. The molecule has 0 radical (unpaired) electrons. The van der Waals surface area contributed by atoms with Crippen LogP contribution in [-0.4, -0.2) is 138 Å². The van der Waals surface area contributed by atoms with E-state index in [1.54, 1.807) is 0 Å².